The van der Waals surface area contributed by atoms with Crippen LogP contribution in [0.25, 0.3) is 0 Å². The van der Waals surface area contributed by atoms with Gasteiger partial charge >= 0.3 is 5.97 Å². The molecule has 2 unspecified atom stereocenters. The van der Waals surface area contributed by atoms with Gasteiger partial charge in [-0.2, -0.15) is 12.6 Å². The molecule has 0 aromatic heterocycles. The van der Waals surface area contributed by atoms with Crippen molar-refractivity contribution >= 4 is 30.4 Å². The lowest BCUT2D eigenvalue weighted by atomic mass is 9.98. The van der Waals surface area contributed by atoms with Gasteiger partial charge in [0, 0.05) is 18.3 Å². The lowest BCUT2D eigenvalue weighted by molar-refractivity contribution is -0.141. The molecule has 0 saturated heterocycles. The number of ether oxygens (including phenoxy) is 1. The first-order valence-corrected chi connectivity index (χ1v) is 11.3. The maximum Gasteiger partial charge on any atom is 0.325 e. The maximum atomic E-state index is 12.1. The Morgan fingerprint density at radius 1 is 1.03 bits per heavy atom. The number of hydrogen-bond acceptors (Lipinski definition) is 7. The van der Waals surface area contributed by atoms with Crippen LogP contribution >= 0.6 is 12.6 Å². The summed E-state index contributed by atoms with van der Waals surface area (Å²) < 4.78 is 4.47. The fourth-order valence-corrected chi connectivity index (χ4v) is 1.83. The molecule has 3 atom stereocenters. The molecule has 0 aliphatic rings. The van der Waals surface area contributed by atoms with Gasteiger partial charge in [0.1, 0.15) is 12.6 Å². The SMILES string of the molecule is CC(C)C.CCC.CCC(C)C(NC(=O)CNC[C@@H](N)CS)C(=O)NCC(=O)OC. The molecule has 0 saturated carbocycles. The van der Waals surface area contributed by atoms with Gasteiger partial charge in [0.2, 0.25) is 11.8 Å². The number of carbonyl (C=O) groups is 3. The van der Waals surface area contributed by atoms with Crippen LogP contribution in [0.1, 0.15) is 61.3 Å². The van der Waals surface area contributed by atoms with Crippen LogP contribution in [0.5, 0.6) is 0 Å². The quantitative estimate of drug-likeness (QED) is 0.241. The number of amides is 2. The molecule has 9 heteroatoms. The number of esters is 1. The molecule has 5 N–H and O–H groups in total. The highest BCUT2D eigenvalue weighted by Crippen LogP contribution is 2.07. The van der Waals surface area contributed by atoms with Crippen molar-refractivity contribution in [2.24, 2.45) is 17.6 Å². The van der Waals surface area contributed by atoms with Gasteiger partial charge in [-0.3, -0.25) is 14.4 Å². The minimum absolute atomic E-state index is 0.0543. The molecule has 30 heavy (non-hydrogen) atoms. The molecule has 0 spiro atoms. The number of nitrogens with two attached hydrogens (primary N) is 1. The first-order chi connectivity index (χ1) is 14.0. The Labute approximate surface area is 189 Å². The summed E-state index contributed by atoms with van der Waals surface area (Å²) >= 11 is 4.05. The molecule has 0 aromatic carbocycles. The molecular formula is C21H46N4O4S. The van der Waals surface area contributed by atoms with Gasteiger partial charge in [-0.1, -0.05) is 61.3 Å². The number of thiol groups is 1. The first kappa shape index (κ1) is 33.3. The Morgan fingerprint density at radius 2 is 1.53 bits per heavy atom. The molecule has 0 radical (unpaired) electrons. The molecule has 0 aromatic rings. The molecule has 0 fully saturated rings. The van der Waals surface area contributed by atoms with Crippen molar-refractivity contribution in [1.82, 2.24) is 16.0 Å². The summed E-state index contributed by atoms with van der Waals surface area (Å²) in [6.45, 7) is 14.8. The predicted molar refractivity (Wildman–Crippen MR) is 128 cm³/mol. The molecule has 8 nitrogen and oxygen atoms in total. The Kier molecular flexibility index (Phi) is 24.8. The Bertz CT molecular complexity index is 448. The second-order valence-electron chi connectivity index (χ2n) is 7.74. The lowest BCUT2D eigenvalue weighted by Crippen LogP contribution is -2.53. The predicted octanol–water partition coefficient (Wildman–Crippen LogP) is 1.73. The fraction of sp³-hybridized carbons (Fsp3) is 0.857. The second-order valence-corrected chi connectivity index (χ2v) is 8.10. The van der Waals surface area contributed by atoms with E-state index in [2.05, 4.69) is 67.9 Å². The summed E-state index contributed by atoms with van der Waals surface area (Å²) in [7, 11) is 1.24. The van der Waals surface area contributed by atoms with E-state index in [0.29, 0.717) is 18.7 Å². The van der Waals surface area contributed by atoms with Gasteiger partial charge in [-0.25, -0.2) is 0 Å². The van der Waals surface area contributed by atoms with Crippen LogP contribution in [0.4, 0.5) is 0 Å². The van der Waals surface area contributed by atoms with Gasteiger partial charge < -0.3 is 26.4 Å². The van der Waals surface area contributed by atoms with E-state index in [1.165, 1.54) is 13.5 Å². The van der Waals surface area contributed by atoms with Crippen molar-refractivity contribution < 1.29 is 19.1 Å². The van der Waals surface area contributed by atoms with Crippen molar-refractivity contribution in [3.8, 4) is 0 Å². The zero-order chi connectivity index (χ0) is 24.1. The second kappa shape index (κ2) is 22.4. The highest BCUT2D eigenvalue weighted by molar-refractivity contribution is 7.80. The molecule has 180 valence electrons. The third-order valence-electron chi connectivity index (χ3n) is 3.37. The summed E-state index contributed by atoms with van der Waals surface area (Å²) in [5, 5.41) is 8.04. The van der Waals surface area contributed by atoms with E-state index in [1.807, 2.05) is 13.8 Å². The zero-order valence-electron chi connectivity index (χ0n) is 20.2. The van der Waals surface area contributed by atoms with Crippen LogP contribution in [0.2, 0.25) is 0 Å². The van der Waals surface area contributed by atoms with Crippen LogP contribution in [-0.2, 0) is 19.1 Å². The van der Waals surface area contributed by atoms with E-state index in [1.54, 1.807) is 0 Å². The van der Waals surface area contributed by atoms with Crippen LogP contribution in [0.3, 0.4) is 0 Å². The van der Waals surface area contributed by atoms with Gasteiger partial charge in [0.05, 0.1) is 13.7 Å². The molecule has 0 rings (SSSR count). The molecule has 0 bridgehead atoms. The number of carbonyl (C=O) groups excluding carboxylic acids is 3. The van der Waals surface area contributed by atoms with E-state index in [9.17, 15) is 14.4 Å². The third kappa shape index (κ3) is 23.0. The largest absolute Gasteiger partial charge is 0.468 e. The van der Waals surface area contributed by atoms with Gasteiger partial charge in [-0.15, -0.1) is 0 Å². The topological polar surface area (TPSA) is 123 Å². The average Bonchev–Trinajstić information content (AvgIpc) is 2.69. The minimum atomic E-state index is -0.711. The van der Waals surface area contributed by atoms with Crippen molar-refractivity contribution in [3.63, 3.8) is 0 Å². The smallest absolute Gasteiger partial charge is 0.325 e. The average molecular weight is 451 g/mol. The first-order valence-electron chi connectivity index (χ1n) is 10.7. The van der Waals surface area contributed by atoms with Gasteiger partial charge in [-0.05, 0) is 11.8 Å². The van der Waals surface area contributed by atoms with Gasteiger partial charge in [0.15, 0.2) is 0 Å². The van der Waals surface area contributed by atoms with Crippen molar-refractivity contribution in [2.45, 2.75) is 73.4 Å². The lowest BCUT2D eigenvalue weighted by Gasteiger charge is -2.23. The third-order valence-corrected chi connectivity index (χ3v) is 3.84. The molecule has 0 aliphatic heterocycles. The van der Waals surface area contributed by atoms with Crippen molar-refractivity contribution in [2.75, 3.05) is 32.5 Å². The maximum absolute atomic E-state index is 12.1. The van der Waals surface area contributed by atoms with E-state index < -0.39 is 17.9 Å². The molecule has 0 heterocycles. The molecule has 0 aliphatic carbocycles. The molecule has 2 amide bonds. The van der Waals surface area contributed by atoms with Crippen LogP contribution in [0, 0.1) is 11.8 Å². The van der Waals surface area contributed by atoms with Crippen molar-refractivity contribution in [3.05, 3.63) is 0 Å². The normalized spacial score (nSPS) is 12.9. The van der Waals surface area contributed by atoms with Gasteiger partial charge in [0.25, 0.3) is 0 Å². The number of nitrogens with one attached hydrogen (secondary N) is 3. The highest BCUT2D eigenvalue weighted by atomic mass is 32.1. The highest BCUT2D eigenvalue weighted by Gasteiger charge is 2.26. The Morgan fingerprint density at radius 3 is 1.93 bits per heavy atom. The van der Waals surface area contributed by atoms with E-state index >= 15 is 0 Å². The van der Waals surface area contributed by atoms with Crippen molar-refractivity contribution in [1.29, 1.82) is 0 Å². The van der Waals surface area contributed by atoms with E-state index in [-0.39, 0.29) is 31.0 Å². The summed E-state index contributed by atoms with van der Waals surface area (Å²) in [6, 6.07) is -0.850. The summed E-state index contributed by atoms with van der Waals surface area (Å²) in [4.78, 5) is 35.2. The van der Waals surface area contributed by atoms with E-state index in [4.69, 9.17) is 5.73 Å². The van der Waals surface area contributed by atoms with Crippen LogP contribution in [0.15, 0.2) is 0 Å². The summed E-state index contributed by atoms with van der Waals surface area (Å²) in [6.07, 6.45) is 1.95. The Hall–Kier alpha value is -1.32. The molecular weight excluding hydrogens is 404 g/mol. The Balaban J connectivity index is -0.000000900. The summed E-state index contributed by atoms with van der Waals surface area (Å²) in [5.41, 5.74) is 5.68. The minimum Gasteiger partial charge on any atom is -0.468 e. The summed E-state index contributed by atoms with van der Waals surface area (Å²) in [5.74, 6) is 0.00590. The number of methoxy groups -OCH3 is 1. The fourth-order valence-electron chi connectivity index (χ4n) is 1.70. The zero-order valence-corrected chi connectivity index (χ0v) is 21.1. The van der Waals surface area contributed by atoms with Crippen LogP contribution < -0.4 is 21.7 Å². The van der Waals surface area contributed by atoms with E-state index in [0.717, 1.165) is 5.92 Å². The van der Waals surface area contributed by atoms with Crippen LogP contribution in [-0.4, -0.2) is 62.4 Å². The number of hydrogen-bond donors (Lipinski definition) is 5. The standard InChI is InChI=1S/C14H28N4O4S.C4H10.C3H8/c1-4-9(2)13(14(21)17-7-12(20)22-3)18-11(19)6-16-5-10(15)8-23;1-4(2)3;1-3-2/h9-10,13,16,23H,4-8,15H2,1-3H3,(H,17,21)(H,18,19);4H,1-3H3;3H2,1-2H3/t9?,10-,13?;;/m1../s1. The number of rotatable bonds is 11. The monoisotopic (exact) mass is 450 g/mol.